The Kier molecular flexibility index (Phi) is 8.93. The van der Waals surface area contributed by atoms with Crippen LogP contribution in [-0.4, -0.2) is 66.2 Å². The molecule has 0 spiro atoms. The van der Waals surface area contributed by atoms with Gasteiger partial charge in [0.2, 0.25) is 0 Å². The van der Waals surface area contributed by atoms with Gasteiger partial charge in [0.05, 0.1) is 29.1 Å². The zero-order chi connectivity index (χ0) is 29.1. The molecule has 1 saturated heterocycles. The number of aliphatic hydroxyl groups is 1. The SMILES string of the molecule is COc1ccc(C(=O)O[C@@H]2[C@H](OS(=O)(=O)c3ccc(C)cc3)[C@H](OS(=O)(=O)c3ccc(C)cc3)CO[C@H]2O)cc1. The normalized spacial score (nSPS) is 21.5. The third-order valence-corrected chi connectivity index (χ3v) is 8.75. The van der Waals surface area contributed by atoms with Crippen molar-refractivity contribution in [2.24, 2.45) is 0 Å². The maximum atomic E-state index is 13.2. The van der Waals surface area contributed by atoms with Gasteiger partial charge in [-0.1, -0.05) is 35.4 Å². The quantitative estimate of drug-likeness (QED) is 0.288. The number of hydrogen-bond acceptors (Lipinski definition) is 11. The van der Waals surface area contributed by atoms with Gasteiger partial charge in [-0.3, -0.25) is 8.37 Å². The molecule has 0 radical (unpaired) electrons. The van der Waals surface area contributed by atoms with Gasteiger partial charge >= 0.3 is 5.97 Å². The molecule has 1 aliphatic rings. The van der Waals surface area contributed by atoms with Crippen molar-refractivity contribution in [3.63, 3.8) is 0 Å². The summed E-state index contributed by atoms with van der Waals surface area (Å²) in [5.74, 6) is -0.489. The molecule has 0 aromatic heterocycles. The Bertz CT molecular complexity index is 1530. The van der Waals surface area contributed by atoms with E-state index in [0.29, 0.717) is 5.75 Å². The highest BCUT2D eigenvalue weighted by Gasteiger charge is 2.48. The van der Waals surface area contributed by atoms with Crippen LogP contribution in [-0.2, 0) is 38.1 Å². The van der Waals surface area contributed by atoms with Gasteiger partial charge in [0, 0.05) is 0 Å². The third-order valence-electron chi connectivity index (χ3n) is 6.08. The highest BCUT2D eigenvalue weighted by molar-refractivity contribution is 7.87. The maximum Gasteiger partial charge on any atom is 0.338 e. The second-order valence-electron chi connectivity index (χ2n) is 9.05. The molecule has 4 rings (SSSR count). The Morgan fingerprint density at radius 2 is 1.27 bits per heavy atom. The fourth-order valence-corrected chi connectivity index (χ4v) is 6.01. The lowest BCUT2D eigenvalue weighted by Gasteiger charge is -2.38. The van der Waals surface area contributed by atoms with Gasteiger partial charge in [-0.25, -0.2) is 4.79 Å². The first-order valence-electron chi connectivity index (χ1n) is 12.0. The topological polar surface area (TPSA) is 152 Å². The van der Waals surface area contributed by atoms with E-state index in [2.05, 4.69) is 0 Å². The molecule has 0 saturated carbocycles. The van der Waals surface area contributed by atoms with Crippen molar-refractivity contribution in [2.75, 3.05) is 13.7 Å². The average Bonchev–Trinajstić information content (AvgIpc) is 2.92. The molecule has 0 amide bonds. The van der Waals surface area contributed by atoms with Gasteiger partial charge in [-0.05, 0) is 62.4 Å². The minimum atomic E-state index is -4.55. The second-order valence-corrected chi connectivity index (χ2v) is 12.2. The summed E-state index contributed by atoms with van der Waals surface area (Å²) in [5.41, 5.74) is 1.64. The van der Waals surface area contributed by atoms with Crippen molar-refractivity contribution >= 4 is 26.2 Å². The van der Waals surface area contributed by atoms with E-state index in [1.807, 2.05) is 0 Å². The predicted octanol–water partition coefficient (Wildman–Crippen LogP) is 2.73. The molecule has 1 aliphatic heterocycles. The molecule has 3 aromatic carbocycles. The Labute approximate surface area is 232 Å². The standard InChI is InChI=1S/C27H28O11S2/c1-17-4-12-21(13-5-17)39(30,31)37-23-16-35-27(29)25(36-26(28)19-8-10-20(34-3)11-9-19)24(23)38-40(32,33)22-14-6-18(2)7-15-22/h4-15,23-25,27,29H,16H2,1-3H3/t23-,24-,25-,27-/m1/s1. The first kappa shape index (κ1) is 29.6. The lowest BCUT2D eigenvalue weighted by molar-refractivity contribution is -0.241. The zero-order valence-electron chi connectivity index (χ0n) is 21.8. The second kappa shape index (κ2) is 12.0. The summed E-state index contributed by atoms with van der Waals surface area (Å²) >= 11 is 0. The Morgan fingerprint density at radius 1 is 0.775 bits per heavy atom. The first-order valence-corrected chi connectivity index (χ1v) is 14.9. The van der Waals surface area contributed by atoms with E-state index in [9.17, 15) is 26.7 Å². The van der Waals surface area contributed by atoms with E-state index >= 15 is 0 Å². The highest BCUT2D eigenvalue weighted by atomic mass is 32.2. The number of methoxy groups -OCH3 is 1. The maximum absolute atomic E-state index is 13.2. The molecule has 13 heteroatoms. The third kappa shape index (κ3) is 6.86. The van der Waals surface area contributed by atoms with E-state index < -0.39 is 57.4 Å². The van der Waals surface area contributed by atoms with Crippen LogP contribution in [0.5, 0.6) is 5.75 Å². The minimum Gasteiger partial charge on any atom is -0.497 e. The summed E-state index contributed by atoms with van der Waals surface area (Å²) in [6, 6.07) is 17.3. The van der Waals surface area contributed by atoms with Crippen LogP contribution in [0, 0.1) is 13.8 Å². The molecule has 0 aliphatic carbocycles. The molecule has 4 atom stereocenters. The Balaban J connectivity index is 1.68. The van der Waals surface area contributed by atoms with Crippen LogP contribution >= 0.6 is 0 Å². The van der Waals surface area contributed by atoms with E-state index in [1.54, 1.807) is 38.1 Å². The summed E-state index contributed by atoms with van der Waals surface area (Å²) in [7, 11) is -7.56. The van der Waals surface area contributed by atoms with Crippen LogP contribution in [0.25, 0.3) is 0 Å². The molecule has 3 aromatic rings. The Morgan fingerprint density at radius 3 is 1.77 bits per heavy atom. The van der Waals surface area contributed by atoms with Crippen LogP contribution in [0.1, 0.15) is 21.5 Å². The summed E-state index contributed by atoms with van der Waals surface area (Å²) < 4.78 is 79.0. The van der Waals surface area contributed by atoms with Crippen LogP contribution in [0.2, 0.25) is 0 Å². The van der Waals surface area contributed by atoms with E-state index in [-0.39, 0.29) is 15.4 Å². The average molecular weight is 593 g/mol. The fourth-order valence-electron chi connectivity index (χ4n) is 3.83. The number of hydrogen-bond donors (Lipinski definition) is 1. The smallest absolute Gasteiger partial charge is 0.338 e. The molecule has 0 bridgehead atoms. The molecule has 11 nitrogen and oxygen atoms in total. The van der Waals surface area contributed by atoms with Gasteiger partial charge in [-0.2, -0.15) is 16.8 Å². The molecule has 214 valence electrons. The monoisotopic (exact) mass is 592 g/mol. The number of rotatable bonds is 9. The molecule has 1 N–H and O–H groups in total. The van der Waals surface area contributed by atoms with E-state index in [1.165, 1.54) is 55.6 Å². The lowest BCUT2D eigenvalue weighted by atomic mass is 10.1. The number of aliphatic hydroxyl groups excluding tert-OH is 1. The van der Waals surface area contributed by atoms with Crippen molar-refractivity contribution in [3.05, 3.63) is 89.5 Å². The van der Waals surface area contributed by atoms with Crippen molar-refractivity contribution in [2.45, 2.75) is 48.2 Å². The lowest BCUT2D eigenvalue weighted by Crippen LogP contribution is -2.57. The number of ether oxygens (including phenoxy) is 3. The molecular weight excluding hydrogens is 564 g/mol. The summed E-state index contributed by atoms with van der Waals surface area (Å²) in [5, 5.41) is 10.6. The summed E-state index contributed by atoms with van der Waals surface area (Å²) in [6.07, 6.45) is -7.08. The van der Waals surface area contributed by atoms with E-state index in [0.717, 1.165) is 11.1 Å². The van der Waals surface area contributed by atoms with Crippen LogP contribution in [0.3, 0.4) is 0 Å². The first-order chi connectivity index (χ1) is 18.9. The Hall–Kier alpha value is -3.33. The van der Waals surface area contributed by atoms with Gasteiger partial charge in [0.15, 0.2) is 12.4 Å². The van der Waals surface area contributed by atoms with Crippen molar-refractivity contribution in [3.8, 4) is 5.75 Å². The molecule has 1 fully saturated rings. The summed E-state index contributed by atoms with van der Waals surface area (Å²) in [6.45, 7) is 2.95. The van der Waals surface area contributed by atoms with Crippen LogP contribution in [0.15, 0.2) is 82.6 Å². The number of carbonyl (C=O) groups excluding carboxylic acids is 1. The van der Waals surface area contributed by atoms with Gasteiger partial charge in [0.1, 0.15) is 18.0 Å². The molecule has 40 heavy (non-hydrogen) atoms. The van der Waals surface area contributed by atoms with Gasteiger partial charge in [0.25, 0.3) is 20.2 Å². The highest BCUT2D eigenvalue weighted by Crippen LogP contribution is 2.30. The largest absolute Gasteiger partial charge is 0.497 e. The molecule has 1 heterocycles. The minimum absolute atomic E-state index is 0.0449. The van der Waals surface area contributed by atoms with Crippen molar-refractivity contribution < 1.29 is 49.3 Å². The van der Waals surface area contributed by atoms with E-state index in [4.69, 9.17) is 22.6 Å². The number of esters is 1. The van der Waals surface area contributed by atoms with Gasteiger partial charge < -0.3 is 19.3 Å². The number of carbonyl (C=O) groups is 1. The van der Waals surface area contributed by atoms with Crippen LogP contribution in [0.4, 0.5) is 0 Å². The van der Waals surface area contributed by atoms with Gasteiger partial charge in [-0.15, -0.1) is 0 Å². The number of aryl methyl sites for hydroxylation is 2. The fraction of sp³-hybridized carbons (Fsp3) is 0.296. The molecular formula is C27H28O11S2. The zero-order valence-corrected chi connectivity index (χ0v) is 23.4. The molecule has 0 unspecified atom stereocenters. The summed E-state index contributed by atoms with van der Waals surface area (Å²) in [4.78, 5) is 12.5. The number of benzene rings is 3. The predicted molar refractivity (Wildman–Crippen MR) is 141 cm³/mol. The van der Waals surface area contributed by atoms with Crippen LogP contribution < -0.4 is 4.74 Å². The van der Waals surface area contributed by atoms with Crippen molar-refractivity contribution in [1.29, 1.82) is 0 Å². The van der Waals surface area contributed by atoms with Crippen molar-refractivity contribution in [1.82, 2.24) is 0 Å².